The zero-order valence-corrected chi connectivity index (χ0v) is 12.2. The highest BCUT2D eigenvalue weighted by Gasteiger charge is 2.17. The van der Waals surface area contributed by atoms with Gasteiger partial charge in [0.25, 0.3) is 0 Å². The van der Waals surface area contributed by atoms with E-state index >= 15 is 0 Å². The van der Waals surface area contributed by atoms with Crippen LogP contribution in [0.15, 0.2) is 11.1 Å². The summed E-state index contributed by atoms with van der Waals surface area (Å²) < 4.78 is 9.97. The van der Waals surface area contributed by atoms with Crippen molar-refractivity contribution in [2.24, 2.45) is 0 Å². The SMILES string of the molecule is COCCN(CCOC)CC/C(C(=O)O)=C(/C)C(=O)O. The highest BCUT2D eigenvalue weighted by atomic mass is 16.5. The number of rotatable bonds is 11. The van der Waals surface area contributed by atoms with E-state index in [0.29, 0.717) is 32.8 Å². The van der Waals surface area contributed by atoms with Crippen molar-refractivity contribution >= 4 is 11.9 Å². The van der Waals surface area contributed by atoms with Gasteiger partial charge in [0.2, 0.25) is 0 Å². The van der Waals surface area contributed by atoms with Crippen molar-refractivity contribution in [3.63, 3.8) is 0 Å². The molecule has 0 radical (unpaired) electrons. The third-order valence-corrected chi connectivity index (χ3v) is 2.93. The first-order chi connectivity index (χ1) is 9.43. The average molecular weight is 289 g/mol. The van der Waals surface area contributed by atoms with Gasteiger partial charge in [0.15, 0.2) is 0 Å². The minimum Gasteiger partial charge on any atom is -0.478 e. The van der Waals surface area contributed by atoms with Crippen LogP contribution in [0.25, 0.3) is 0 Å². The van der Waals surface area contributed by atoms with Gasteiger partial charge in [0.1, 0.15) is 0 Å². The highest BCUT2D eigenvalue weighted by Crippen LogP contribution is 2.11. The Morgan fingerprint density at radius 3 is 1.80 bits per heavy atom. The number of ether oxygens (including phenoxy) is 2. The zero-order valence-electron chi connectivity index (χ0n) is 12.2. The Hall–Kier alpha value is -1.44. The monoisotopic (exact) mass is 289 g/mol. The van der Waals surface area contributed by atoms with E-state index in [1.54, 1.807) is 14.2 Å². The van der Waals surface area contributed by atoms with Gasteiger partial charge >= 0.3 is 11.9 Å². The summed E-state index contributed by atoms with van der Waals surface area (Å²) in [6.07, 6.45) is 0.168. The molecule has 0 aliphatic heterocycles. The van der Waals surface area contributed by atoms with E-state index < -0.39 is 11.9 Å². The minimum absolute atomic E-state index is 0.0719. The predicted octanol–water partition coefficient (Wildman–Crippen LogP) is 0.457. The molecular weight excluding hydrogens is 266 g/mol. The summed E-state index contributed by atoms with van der Waals surface area (Å²) in [5, 5.41) is 17.9. The summed E-state index contributed by atoms with van der Waals surface area (Å²) in [4.78, 5) is 23.9. The van der Waals surface area contributed by atoms with Crippen molar-refractivity contribution in [3.05, 3.63) is 11.1 Å². The molecule has 0 spiro atoms. The molecule has 7 heteroatoms. The van der Waals surface area contributed by atoms with Crippen molar-refractivity contribution in [2.45, 2.75) is 13.3 Å². The lowest BCUT2D eigenvalue weighted by molar-refractivity contribution is -0.136. The Kier molecular flexibility index (Phi) is 9.61. The lowest BCUT2D eigenvalue weighted by atomic mass is 10.1. The van der Waals surface area contributed by atoms with Gasteiger partial charge in [-0.1, -0.05) is 0 Å². The molecule has 0 saturated carbocycles. The number of carboxylic acids is 2. The second-order valence-corrected chi connectivity index (χ2v) is 4.29. The number of carbonyl (C=O) groups is 2. The number of hydrogen-bond donors (Lipinski definition) is 2. The Bertz CT molecular complexity index is 345. The Morgan fingerprint density at radius 1 is 0.950 bits per heavy atom. The molecule has 0 aromatic heterocycles. The molecule has 0 aliphatic carbocycles. The molecule has 2 N–H and O–H groups in total. The molecule has 0 saturated heterocycles. The molecule has 0 aliphatic rings. The summed E-state index contributed by atoms with van der Waals surface area (Å²) >= 11 is 0. The van der Waals surface area contributed by atoms with E-state index in [9.17, 15) is 9.59 Å². The molecule has 0 unspecified atom stereocenters. The van der Waals surface area contributed by atoms with E-state index in [1.165, 1.54) is 6.92 Å². The second kappa shape index (κ2) is 10.4. The molecule has 0 aromatic carbocycles. The van der Waals surface area contributed by atoms with Gasteiger partial charge in [-0.05, 0) is 13.3 Å². The maximum Gasteiger partial charge on any atom is 0.332 e. The van der Waals surface area contributed by atoms with Gasteiger partial charge in [0, 0.05) is 45.0 Å². The van der Waals surface area contributed by atoms with Crippen molar-refractivity contribution in [1.29, 1.82) is 0 Å². The molecule has 0 fully saturated rings. The van der Waals surface area contributed by atoms with Crippen molar-refractivity contribution in [3.8, 4) is 0 Å². The standard InChI is InChI=1S/C13H23NO6/c1-10(12(15)16)11(13(17)18)4-5-14(6-8-19-2)7-9-20-3/h4-9H2,1-3H3,(H,15,16)(H,17,18)/b11-10+. The molecule has 0 atom stereocenters. The zero-order chi connectivity index (χ0) is 15.5. The van der Waals surface area contributed by atoms with E-state index in [1.807, 2.05) is 4.90 Å². The summed E-state index contributed by atoms with van der Waals surface area (Å²) in [6.45, 7) is 4.07. The summed E-state index contributed by atoms with van der Waals surface area (Å²) in [5.74, 6) is -2.40. The first-order valence-electron chi connectivity index (χ1n) is 6.30. The summed E-state index contributed by atoms with van der Waals surface area (Å²) in [5.41, 5.74) is -0.201. The molecule has 0 amide bonds. The smallest absolute Gasteiger partial charge is 0.332 e. The van der Waals surface area contributed by atoms with Crippen LogP contribution in [0, 0.1) is 0 Å². The maximum absolute atomic E-state index is 11.1. The van der Waals surface area contributed by atoms with E-state index in [0.717, 1.165) is 0 Å². The quantitative estimate of drug-likeness (QED) is 0.533. The summed E-state index contributed by atoms with van der Waals surface area (Å²) in [7, 11) is 3.18. The fraction of sp³-hybridized carbons (Fsp3) is 0.692. The van der Waals surface area contributed by atoms with Crippen LogP contribution in [0.1, 0.15) is 13.3 Å². The molecular formula is C13H23NO6. The molecule has 0 rings (SSSR count). The predicted molar refractivity (Wildman–Crippen MR) is 72.8 cm³/mol. The lowest BCUT2D eigenvalue weighted by Crippen LogP contribution is -2.32. The van der Waals surface area contributed by atoms with Crippen LogP contribution in [0.4, 0.5) is 0 Å². The molecule has 116 valence electrons. The molecule has 7 nitrogen and oxygen atoms in total. The van der Waals surface area contributed by atoms with Gasteiger partial charge in [0.05, 0.1) is 13.2 Å². The average Bonchev–Trinajstić information content (AvgIpc) is 2.40. The third kappa shape index (κ3) is 7.22. The van der Waals surface area contributed by atoms with E-state index in [-0.39, 0.29) is 17.6 Å². The van der Waals surface area contributed by atoms with Crippen LogP contribution in [0.3, 0.4) is 0 Å². The fourth-order valence-corrected chi connectivity index (χ4v) is 1.63. The topological polar surface area (TPSA) is 96.3 Å². The minimum atomic E-state index is -1.21. The van der Waals surface area contributed by atoms with E-state index in [4.69, 9.17) is 19.7 Å². The molecule has 0 bridgehead atoms. The van der Waals surface area contributed by atoms with Gasteiger partial charge < -0.3 is 19.7 Å². The molecule has 20 heavy (non-hydrogen) atoms. The van der Waals surface area contributed by atoms with Crippen LogP contribution in [-0.4, -0.2) is 74.1 Å². The van der Waals surface area contributed by atoms with Crippen LogP contribution >= 0.6 is 0 Å². The van der Waals surface area contributed by atoms with E-state index in [2.05, 4.69) is 0 Å². The summed E-state index contributed by atoms with van der Waals surface area (Å²) in [6, 6.07) is 0. The van der Waals surface area contributed by atoms with Crippen LogP contribution in [-0.2, 0) is 19.1 Å². The van der Waals surface area contributed by atoms with Gasteiger partial charge in [-0.3, -0.25) is 4.90 Å². The second-order valence-electron chi connectivity index (χ2n) is 4.29. The van der Waals surface area contributed by atoms with Gasteiger partial charge in [-0.25, -0.2) is 9.59 Å². The van der Waals surface area contributed by atoms with Crippen molar-refractivity contribution in [1.82, 2.24) is 4.90 Å². The molecule has 0 aromatic rings. The lowest BCUT2D eigenvalue weighted by Gasteiger charge is -2.21. The maximum atomic E-state index is 11.1. The van der Waals surface area contributed by atoms with Crippen LogP contribution in [0.5, 0.6) is 0 Å². The molecule has 0 heterocycles. The van der Waals surface area contributed by atoms with Crippen molar-refractivity contribution < 1.29 is 29.3 Å². The van der Waals surface area contributed by atoms with Crippen LogP contribution < -0.4 is 0 Å². The first-order valence-corrected chi connectivity index (χ1v) is 6.30. The van der Waals surface area contributed by atoms with Gasteiger partial charge in [-0.2, -0.15) is 0 Å². The Labute approximate surface area is 118 Å². The first kappa shape index (κ1) is 18.6. The number of methoxy groups -OCH3 is 2. The highest BCUT2D eigenvalue weighted by molar-refractivity contribution is 5.98. The fourth-order valence-electron chi connectivity index (χ4n) is 1.63. The number of nitrogens with zero attached hydrogens (tertiary/aromatic N) is 1. The Balaban J connectivity index is 4.65. The van der Waals surface area contributed by atoms with Crippen molar-refractivity contribution in [2.75, 3.05) is 47.1 Å². The number of aliphatic carboxylic acids is 2. The number of hydrogen-bond acceptors (Lipinski definition) is 5. The Morgan fingerprint density at radius 2 is 1.45 bits per heavy atom. The van der Waals surface area contributed by atoms with Gasteiger partial charge in [-0.15, -0.1) is 0 Å². The third-order valence-electron chi connectivity index (χ3n) is 2.93. The number of carboxylic acid groups (broad SMARTS) is 2. The van der Waals surface area contributed by atoms with Crippen LogP contribution in [0.2, 0.25) is 0 Å². The normalized spacial score (nSPS) is 12.4. The largest absolute Gasteiger partial charge is 0.478 e.